The fraction of sp³-hybridized carbons (Fsp3) is 1.00. The van der Waals surface area contributed by atoms with Gasteiger partial charge in [0.15, 0.2) is 0 Å². The normalized spacial score (nSPS) is 35.2. The summed E-state index contributed by atoms with van der Waals surface area (Å²) in [5.41, 5.74) is 5.86. The van der Waals surface area contributed by atoms with Gasteiger partial charge in [0.25, 0.3) is 0 Å². The maximum atomic E-state index is 12.6. The van der Waals surface area contributed by atoms with E-state index in [0.29, 0.717) is 12.3 Å². The third-order valence-electron chi connectivity index (χ3n) is 2.60. The van der Waals surface area contributed by atoms with E-state index in [4.69, 9.17) is 5.73 Å². The fourth-order valence-electron chi connectivity index (χ4n) is 1.95. The summed E-state index contributed by atoms with van der Waals surface area (Å²) in [6.45, 7) is 1.63. The minimum absolute atomic E-state index is 0.266. The molecule has 2 heteroatoms. The highest BCUT2D eigenvalue weighted by molar-refractivity contribution is 4.78. The van der Waals surface area contributed by atoms with Crippen LogP contribution >= 0.6 is 0 Å². The van der Waals surface area contributed by atoms with Crippen LogP contribution in [0.2, 0.25) is 0 Å². The highest BCUT2D eigenvalue weighted by Gasteiger charge is 2.22. The molecule has 1 aliphatic rings. The second-order valence-corrected chi connectivity index (χ2v) is 3.72. The molecule has 0 bridgehead atoms. The Bertz CT molecular complexity index is 114. The summed E-state index contributed by atoms with van der Waals surface area (Å²) in [6.07, 6.45) is 4.70. The second-order valence-electron chi connectivity index (χ2n) is 3.72. The van der Waals surface area contributed by atoms with Crippen LogP contribution in [0.4, 0.5) is 4.39 Å². The molecule has 0 radical (unpaired) electrons. The molecule has 0 spiro atoms. The van der Waals surface area contributed by atoms with Gasteiger partial charge in [-0.05, 0) is 32.1 Å². The molecule has 1 saturated carbocycles. The highest BCUT2D eigenvalue weighted by atomic mass is 19.1. The minimum Gasteiger partial charge on any atom is -0.327 e. The molecule has 0 aromatic heterocycles. The van der Waals surface area contributed by atoms with E-state index in [-0.39, 0.29) is 6.04 Å². The Kier molecular flexibility index (Phi) is 3.31. The molecule has 0 aliphatic heterocycles. The van der Waals surface area contributed by atoms with E-state index in [2.05, 4.69) is 0 Å². The lowest BCUT2D eigenvalue weighted by Crippen LogP contribution is -2.34. The maximum Gasteiger partial charge on any atom is 0.0976 e. The van der Waals surface area contributed by atoms with Gasteiger partial charge in [-0.1, -0.05) is 12.8 Å². The van der Waals surface area contributed by atoms with E-state index >= 15 is 0 Å². The SMILES string of the molecule is CC(F)CC1CCCCC1N. The Labute approximate surface area is 68.2 Å². The zero-order valence-corrected chi connectivity index (χ0v) is 7.22. The molecule has 0 amide bonds. The van der Waals surface area contributed by atoms with Gasteiger partial charge in [-0.25, -0.2) is 4.39 Å². The first-order valence-electron chi connectivity index (χ1n) is 4.60. The Hall–Kier alpha value is -0.110. The van der Waals surface area contributed by atoms with Crippen LogP contribution in [0, 0.1) is 5.92 Å². The van der Waals surface area contributed by atoms with Crippen molar-refractivity contribution in [3.63, 3.8) is 0 Å². The zero-order valence-electron chi connectivity index (χ0n) is 7.22. The van der Waals surface area contributed by atoms with Crippen LogP contribution in [0.15, 0.2) is 0 Å². The van der Waals surface area contributed by atoms with Gasteiger partial charge in [0.2, 0.25) is 0 Å². The van der Waals surface area contributed by atoms with Gasteiger partial charge in [0, 0.05) is 6.04 Å². The molecule has 0 heterocycles. The summed E-state index contributed by atoms with van der Waals surface area (Å²) in [7, 11) is 0. The monoisotopic (exact) mass is 159 g/mol. The molecule has 2 N–H and O–H groups in total. The van der Waals surface area contributed by atoms with Gasteiger partial charge in [0.1, 0.15) is 0 Å². The molecule has 66 valence electrons. The average molecular weight is 159 g/mol. The molecule has 11 heavy (non-hydrogen) atoms. The van der Waals surface area contributed by atoms with Gasteiger partial charge in [0.05, 0.1) is 6.17 Å². The van der Waals surface area contributed by atoms with E-state index in [9.17, 15) is 4.39 Å². The van der Waals surface area contributed by atoms with E-state index in [0.717, 1.165) is 12.8 Å². The first-order valence-corrected chi connectivity index (χ1v) is 4.60. The van der Waals surface area contributed by atoms with E-state index in [1.807, 2.05) is 0 Å². The van der Waals surface area contributed by atoms with Crippen LogP contribution in [-0.4, -0.2) is 12.2 Å². The number of alkyl halides is 1. The van der Waals surface area contributed by atoms with E-state index in [1.165, 1.54) is 12.8 Å². The summed E-state index contributed by atoms with van der Waals surface area (Å²) in [6, 6.07) is 0.266. The van der Waals surface area contributed by atoms with Crippen molar-refractivity contribution < 1.29 is 4.39 Å². The van der Waals surface area contributed by atoms with Crippen molar-refractivity contribution in [1.82, 2.24) is 0 Å². The molecule has 1 rings (SSSR count). The third-order valence-corrected chi connectivity index (χ3v) is 2.60. The lowest BCUT2D eigenvalue weighted by Gasteiger charge is -2.28. The molecule has 1 aliphatic carbocycles. The van der Waals surface area contributed by atoms with Gasteiger partial charge >= 0.3 is 0 Å². The molecule has 3 unspecified atom stereocenters. The first-order chi connectivity index (χ1) is 5.20. The van der Waals surface area contributed by atoms with Crippen LogP contribution in [0.3, 0.4) is 0 Å². The summed E-state index contributed by atoms with van der Waals surface area (Å²) in [5.74, 6) is 0.448. The Balaban J connectivity index is 2.29. The van der Waals surface area contributed by atoms with Gasteiger partial charge in [-0.3, -0.25) is 0 Å². The highest BCUT2D eigenvalue weighted by Crippen LogP contribution is 2.27. The van der Waals surface area contributed by atoms with Crippen molar-refractivity contribution in [3.05, 3.63) is 0 Å². The standard InChI is InChI=1S/C9H18FN/c1-7(10)6-8-4-2-3-5-9(8)11/h7-9H,2-6,11H2,1H3. The lowest BCUT2D eigenvalue weighted by molar-refractivity contribution is 0.221. The van der Waals surface area contributed by atoms with Gasteiger partial charge in [-0.15, -0.1) is 0 Å². The quantitative estimate of drug-likeness (QED) is 0.657. The summed E-state index contributed by atoms with van der Waals surface area (Å²) in [4.78, 5) is 0. The largest absolute Gasteiger partial charge is 0.327 e. The Morgan fingerprint density at radius 3 is 2.64 bits per heavy atom. The predicted molar refractivity (Wildman–Crippen MR) is 45.1 cm³/mol. The van der Waals surface area contributed by atoms with Crippen molar-refractivity contribution in [2.75, 3.05) is 0 Å². The molecule has 0 aromatic carbocycles. The number of halogens is 1. The smallest absolute Gasteiger partial charge is 0.0976 e. The van der Waals surface area contributed by atoms with Crippen LogP contribution in [0.5, 0.6) is 0 Å². The van der Waals surface area contributed by atoms with Crippen molar-refractivity contribution >= 4 is 0 Å². The van der Waals surface area contributed by atoms with Crippen molar-refractivity contribution in [1.29, 1.82) is 0 Å². The fourth-order valence-corrected chi connectivity index (χ4v) is 1.95. The van der Waals surface area contributed by atoms with Gasteiger partial charge < -0.3 is 5.73 Å². The van der Waals surface area contributed by atoms with Crippen molar-refractivity contribution in [2.45, 2.75) is 51.2 Å². The molecular weight excluding hydrogens is 141 g/mol. The number of nitrogens with two attached hydrogens (primary N) is 1. The van der Waals surface area contributed by atoms with E-state index in [1.54, 1.807) is 6.92 Å². The second kappa shape index (κ2) is 4.05. The molecule has 0 aromatic rings. The summed E-state index contributed by atoms with van der Waals surface area (Å²) in [5, 5.41) is 0. The lowest BCUT2D eigenvalue weighted by atomic mass is 9.82. The summed E-state index contributed by atoms with van der Waals surface area (Å²) >= 11 is 0. The van der Waals surface area contributed by atoms with Crippen molar-refractivity contribution in [3.8, 4) is 0 Å². The van der Waals surface area contributed by atoms with Crippen molar-refractivity contribution in [2.24, 2.45) is 11.7 Å². The number of hydrogen-bond acceptors (Lipinski definition) is 1. The third kappa shape index (κ3) is 2.78. The van der Waals surface area contributed by atoms with Crippen LogP contribution in [0.25, 0.3) is 0 Å². The van der Waals surface area contributed by atoms with Crippen LogP contribution in [0.1, 0.15) is 39.0 Å². The van der Waals surface area contributed by atoms with Crippen LogP contribution in [-0.2, 0) is 0 Å². The van der Waals surface area contributed by atoms with Gasteiger partial charge in [-0.2, -0.15) is 0 Å². The number of rotatable bonds is 2. The first kappa shape index (κ1) is 8.98. The minimum atomic E-state index is -0.677. The Morgan fingerprint density at radius 1 is 1.45 bits per heavy atom. The molecule has 1 fully saturated rings. The number of hydrogen-bond donors (Lipinski definition) is 1. The average Bonchev–Trinajstić information content (AvgIpc) is 1.93. The summed E-state index contributed by atoms with van der Waals surface area (Å²) < 4.78 is 12.6. The molecule has 0 saturated heterocycles. The molecule has 3 atom stereocenters. The maximum absolute atomic E-state index is 12.6. The zero-order chi connectivity index (χ0) is 8.27. The molecular formula is C9H18FN. The van der Waals surface area contributed by atoms with Crippen LogP contribution < -0.4 is 5.73 Å². The topological polar surface area (TPSA) is 26.0 Å². The Morgan fingerprint density at radius 2 is 2.09 bits per heavy atom. The molecule has 1 nitrogen and oxygen atoms in total. The van der Waals surface area contributed by atoms with E-state index < -0.39 is 6.17 Å². The predicted octanol–water partition coefficient (Wildman–Crippen LogP) is 2.25.